The van der Waals surface area contributed by atoms with E-state index in [0.717, 1.165) is 49.8 Å². The molecule has 0 saturated carbocycles. The zero-order chi connectivity index (χ0) is 10.7. The molecule has 0 radical (unpaired) electrons. The van der Waals surface area contributed by atoms with E-state index in [-0.39, 0.29) is 0 Å². The summed E-state index contributed by atoms with van der Waals surface area (Å²) in [5.74, 6) is 0. The van der Waals surface area contributed by atoms with E-state index in [1.807, 2.05) is 18.2 Å². The maximum atomic E-state index is 5.89. The van der Waals surface area contributed by atoms with Crippen molar-refractivity contribution in [3.8, 4) is 0 Å². The van der Waals surface area contributed by atoms with Crippen molar-refractivity contribution in [2.24, 2.45) is 0 Å². The minimum Gasteiger partial charge on any atom is -0.399 e. The smallest absolute Gasteiger partial charge is 0.0594 e. The average Bonchev–Trinajstić information content (AvgIpc) is 2.25. The molecule has 4 nitrogen and oxygen atoms in total. The van der Waals surface area contributed by atoms with E-state index in [9.17, 15) is 0 Å². The van der Waals surface area contributed by atoms with Crippen molar-refractivity contribution >= 4 is 11.4 Å². The number of nitrogens with two attached hydrogens (primary N) is 2. The van der Waals surface area contributed by atoms with Crippen molar-refractivity contribution in [3.05, 3.63) is 23.8 Å². The zero-order valence-corrected chi connectivity index (χ0v) is 8.78. The molecule has 1 aliphatic rings. The molecule has 1 saturated heterocycles. The molecular weight excluding hydrogens is 190 g/mol. The summed E-state index contributed by atoms with van der Waals surface area (Å²) in [6.07, 6.45) is 0. The van der Waals surface area contributed by atoms with Gasteiger partial charge >= 0.3 is 0 Å². The van der Waals surface area contributed by atoms with E-state index in [4.69, 9.17) is 16.2 Å². The highest BCUT2D eigenvalue weighted by Crippen LogP contribution is 2.18. The Kier molecular flexibility index (Phi) is 3.08. The van der Waals surface area contributed by atoms with Crippen molar-refractivity contribution in [1.82, 2.24) is 4.90 Å². The molecule has 1 fully saturated rings. The largest absolute Gasteiger partial charge is 0.399 e. The minimum atomic E-state index is 0.771. The second-order valence-electron chi connectivity index (χ2n) is 3.85. The van der Waals surface area contributed by atoms with Gasteiger partial charge in [-0.15, -0.1) is 0 Å². The third-order valence-corrected chi connectivity index (χ3v) is 2.66. The van der Waals surface area contributed by atoms with E-state index < -0.39 is 0 Å². The first-order valence-electron chi connectivity index (χ1n) is 5.19. The fraction of sp³-hybridized carbons (Fsp3) is 0.455. The lowest BCUT2D eigenvalue weighted by atomic mass is 10.1. The molecule has 0 bridgehead atoms. The molecule has 1 aromatic carbocycles. The van der Waals surface area contributed by atoms with Crippen molar-refractivity contribution in [2.45, 2.75) is 6.54 Å². The van der Waals surface area contributed by atoms with Crippen LogP contribution in [0.5, 0.6) is 0 Å². The maximum absolute atomic E-state index is 5.89. The standard InChI is InChI=1S/C11H17N3O/c12-10-1-2-11(13)9(7-10)8-14-3-5-15-6-4-14/h1-2,7H,3-6,8,12-13H2. The van der Waals surface area contributed by atoms with Crippen molar-refractivity contribution in [2.75, 3.05) is 37.8 Å². The second-order valence-corrected chi connectivity index (χ2v) is 3.85. The van der Waals surface area contributed by atoms with Gasteiger partial charge in [0.25, 0.3) is 0 Å². The fourth-order valence-electron chi connectivity index (χ4n) is 1.76. The van der Waals surface area contributed by atoms with Crippen LogP contribution in [0, 0.1) is 0 Å². The van der Waals surface area contributed by atoms with Crippen LogP contribution in [0.15, 0.2) is 18.2 Å². The number of hydrogen-bond acceptors (Lipinski definition) is 4. The number of rotatable bonds is 2. The Morgan fingerprint density at radius 2 is 1.93 bits per heavy atom. The number of ether oxygens (including phenoxy) is 1. The third-order valence-electron chi connectivity index (χ3n) is 2.66. The Hall–Kier alpha value is -1.26. The van der Waals surface area contributed by atoms with Gasteiger partial charge in [0.2, 0.25) is 0 Å². The number of morpholine rings is 1. The fourth-order valence-corrected chi connectivity index (χ4v) is 1.76. The van der Waals surface area contributed by atoms with Gasteiger partial charge in [0, 0.05) is 31.0 Å². The van der Waals surface area contributed by atoms with E-state index in [2.05, 4.69) is 4.90 Å². The van der Waals surface area contributed by atoms with E-state index >= 15 is 0 Å². The summed E-state index contributed by atoms with van der Waals surface area (Å²) in [7, 11) is 0. The zero-order valence-electron chi connectivity index (χ0n) is 8.78. The molecule has 1 aliphatic heterocycles. The molecule has 4 heteroatoms. The van der Waals surface area contributed by atoms with Crippen LogP contribution in [-0.2, 0) is 11.3 Å². The van der Waals surface area contributed by atoms with Gasteiger partial charge in [-0.05, 0) is 23.8 Å². The molecule has 0 atom stereocenters. The maximum Gasteiger partial charge on any atom is 0.0594 e. The number of nitrogen functional groups attached to an aromatic ring is 2. The first-order chi connectivity index (χ1) is 7.25. The van der Waals surface area contributed by atoms with Crippen LogP contribution in [0.3, 0.4) is 0 Å². The first kappa shape index (κ1) is 10.3. The monoisotopic (exact) mass is 207 g/mol. The Labute approximate surface area is 89.8 Å². The van der Waals surface area contributed by atoms with Crippen LogP contribution in [0.1, 0.15) is 5.56 Å². The Bertz CT molecular complexity index is 335. The third kappa shape index (κ3) is 2.61. The number of benzene rings is 1. The minimum absolute atomic E-state index is 0.771. The number of hydrogen-bond donors (Lipinski definition) is 2. The summed E-state index contributed by atoms with van der Waals surface area (Å²) < 4.78 is 5.29. The molecule has 4 N–H and O–H groups in total. The quantitative estimate of drug-likeness (QED) is 0.700. The number of anilines is 2. The van der Waals surface area contributed by atoms with Gasteiger partial charge in [-0.25, -0.2) is 0 Å². The van der Waals surface area contributed by atoms with Gasteiger partial charge in [-0.2, -0.15) is 0 Å². The molecule has 0 aromatic heterocycles. The summed E-state index contributed by atoms with van der Waals surface area (Å²) in [4.78, 5) is 2.33. The van der Waals surface area contributed by atoms with Crippen LogP contribution >= 0.6 is 0 Å². The van der Waals surface area contributed by atoms with Gasteiger partial charge in [0.05, 0.1) is 13.2 Å². The first-order valence-corrected chi connectivity index (χ1v) is 5.19. The van der Waals surface area contributed by atoms with Crippen LogP contribution in [0.4, 0.5) is 11.4 Å². The second kappa shape index (κ2) is 4.51. The van der Waals surface area contributed by atoms with E-state index in [1.54, 1.807) is 0 Å². The molecule has 2 rings (SSSR count). The van der Waals surface area contributed by atoms with Gasteiger partial charge in [-0.1, -0.05) is 0 Å². The molecule has 0 amide bonds. The van der Waals surface area contributed by atoms with Crippen LogP contribution in [-0.4, -0.2) is 31.2 Å². The SMILES string of the molecule is Nc1ccc(N)c(CN2CCOCC2)c1. The summed E-state index contributed by atoms with van der Waals surface area (Å²) in [6.45, 7) is 4.41. The average molecular weight is 207 g/mol. The molecule has 0 unspecified atom stereocenters. The van der Waals surface area contributed by atoms with Gasteiger partial charge in [-0.3, -0.25) is 4.90 Å². The van der Waals surface area contributed by atoms with Gasteiger partial charge in [0.1, 0.15) is 0 Å². The highest BCUT2D eigenvalue weighted by atomic mass is 16.5. The highest BCUT2D eigenvalue weighted by Gasteiger charge is 2.11. The van der Waals surface area contributed by atoms with Gasteiger partial charge in [0.15, 0.2) is 0 Å². The molecule has 82 valence electrons. The van der Waals surface area contributed by atoms with Gasteiger partial charge < -0.3 is 16.2 Å². The molecular formula is C11H17N3O. The summed E-state index contributed by atoms with van der Waals surface area (Å²) in [5, 5.41) is 0. The molecule has 0 spiro atoms. The topological polar surface area (TPSA) is 64.5 Å². The molecule has 1 heterocycles. The Balaban J connectivity index is 2.05. The van der Waals surface area contributed by atoms with E-state index in [0.29, 0.717) is 0 Å². The Morgan fingerprint density at radius 3 is 2.67 bits per heavy atom. The van der Waals surface area contributed by atoms with Crippen LogP contribution < -0.4 is 11.5 Å². The predicted octanol–water partition coefficient (Wildman–Crippen LogP) is 0.683. The number of nitrogens with zero attached hydrogens (tertiary/aromatic N) is 1. The molecule has 0 aliphatic carbocycles. The van der Waals surface area contributed by atoms with E-state index in [1.165, 1.54) is 0 Å². The lowest BCUT2D eigenvalue weighted by molar-refractivity contribution is 0.0343. The Morgan fingerprint density at radius 1 is 1.20 bits per heavy atom. The van der Waals surface area contributed by atoms with Crippen molar-refractivity contribution in [3.63, 3.8) is 0 Å². The van der Waals surface area contributed by atoms with Crippen LogP contribution in [0.25, 0.3) is 0 Å². The summed E-state index contributed by atoms with van der Waals surface area (Å²) in [6, 6.07) is 5.65. The highest BCUT2D eigenvalue weighted by molar-refractivity contribution is 5.55. The lowest BCUT2D eigenvalue weighted by Crippen LogP contribution is -2.35. The lowest BCUT2D eigenvalue weighted by Gasteiger charge is -2.27. The van der Waals surface area contributed by atoms with Crippen molar-refractivity contribution in [1.29, 1.82) is 0 Å². The summed E-state index contributed by atoms with van der Waals surface area (Å²) in [5.41, 5.74) is 14.3. The van der Waals surface area contributed by atoms with Crippen molar-refractivity contribution < 1.29 is 4.74 Å². The molecule has 1 aromatic rings. The summed E-state index contributed by atoms with van der Waals surface area (Å²) >= 11 is 0. The normalized spacial score (nSPS) is 17.9. The predicted molar refractivity (Wildman–Crippen MR) is 61.4 cm³/mol. The van der Waals surface area contributed by atoms with Crippen LogP contribution in [0.2, 0.25) is 0 Å². The molecule has 15 heavy (non-hydrogen) atoms.